The molecule has 1 atom stereocenters. The maximum atomic E-state index is 6.70. The second-order valence-corrected chi connectivity index (χ2v) is 7.75. The first-order valence-corrected chi connectivity index (χ1v) is 10.9. The third kappa shape index (κ3) is 12.3. The predicted octanol–water partition coefficient (Wildman–Crippen LogP) is 6.80. The molecule has 0 saturated carbocycles. The van der Waals surface area contributed by atoms with Crippen molar-refractivity contribution in [1.82, 2.24) is 0 Å². The Morgan fingerprint density at radius 2 is 0.958 bits per heavy atom. The highest BCUT2D eigenvalue weighted by molar-refractivity contribution is 4.88. The SMILES string of the molecule is CCCCCCCCCCCCC(CCCC)C(N)(CC)CC.O. The van der Waals surface area contributed by atoms with Crippen molar-refractivity contribution in [3.63, 3.8) is 0 Å². The molecule has 0 aliphatic heterocycles. The van der Waals surface area contributed by atoms with E-state index in [9.17, 15) is 0 Å². The highest BCUT2D eigenvalue weighted by Gasteiger charge is 2.30. The molecule has 0 saturated heterocycles. The summed E-state index contributed by atoms with van der Waals surface area (Å²) < 4.78 is 0. The summed E-state index contributed by atoms with van der Waals surface area (Å²) in [5, 5.41) is 0. The van der Waals surface area contributed by atoms with Crippen molar-refractivity contribution in [2.75, 3.05) is 0 Å². The van der Waals surface area contributed by atoms with Gasteiger partial charge >= 0.3 is 0 Å². The van der Waals surface area contributed by atoms with Crippen molar-refractivity contribution in [3.05, 3.63) is 0 Å². The lowest BCUT2D eigenvalue weighted by molar-refractivity contribution is 0.214. The van der Waals surface area contributed by atoms with E-state index in [0.29, 0.717) is 0 Å². The zero-order valence-electron chi connectivity index (χ0n) is 17.5. The van der Waals surface area contributed by atoms with Crippen LogP contribution in [0.3, 0.4) is 0 Å². The van der Waals surface area contributed by atoms with E-state index in [4.69, 9.17) is 5.73 Å². The van der Waals surface area contributed by atoms with Crippen LogP contribution in [0, 0.1) is 5.92 Å². The average Bonchev–Trinajstić information content (AvgIpc) is 2.58. The summed E-state index contributed by atoms with van der Waals surface area (Å²) in [7, 11) is 0. The summed E-state index contributed by atoms with van der Waals surface area (Å²) in [4.78, 5) is 0. The van der Waals surface area contributed by atoms with Gasteiger partial charge in [0, 0.05) is 5.54 Å². The van der Waals surface area contributed by atoms with E-state index in [2.05, 4.69) is 27.7 Å². The van der Waals surface area contributed by atoms with E-state index >= 15 is 0 Å². The van der Waals surface area contributed by atoms with Crippen LogP contribution in [0.15, 0.2) is 0 Å². The predicted molar refractivity (Wildman–Crippen MR) is 111 cm³/mol. The van der Waals surface area contributed by atoms with Crippen LogP contribution in [0.2, 0.25) is 0 Å². The Morgan fingerprint density at radius 1 is 0.583 bits per heavy atom. The van der Waals surface area contributed by atoms with E-state index < -0.39 is 0 Å². The molecule has 0 radical (unpaired) electrons. The molecule has 24 heavy (non-hydrogen) atoms. The van der Waals surface area contributed by atoms with Crippen LogP contribution in [-0.4, -0.2) is 11.0 Å². The lowest BCUT2D eigenvalue weighted by atomic mass is 9.75. The Morgan fingerprint density at radius 3 is 1.38 bits per heavy atom. The van der Waals surface area contributed by atoms with Crippen molar-refractivity contribution >= 4 is 0 Å². The Labute approximate surface area is 153 Å². The largest absolute Gasteiger partial charge is 0.412 e. The van der Waals surface area contributed by atoms with Crippen LogP contribution in [-0.2, 0) is 0 Å². The van der Waals surface area contributed by atoms with Gasteiger partial charge < -0.3 is 11.2 Å². The van der Waals surface area contributed by atoms with Gasteiger partial charge in [-0.3, -0.25) is 0 Å². The van der Waals surface area contributed by atoms with E-state index in [1.54, 1.807) is 0 Å². The van der Waals surface area contributed by atoms with Gasteiger partial charge in [-0.15, -0.1) is 0 Å². The molecule has 0 rings (SSSR count). The van der Waals surface area contributed by atoms with Crippen molar-refractivity contribution < 1.29 is 5.48 Å². The van der Waals surface area contributed by atoms with Crippen LogP contribution in [0.5, 0.6) is 0 Å². The second kappa shape index (κ2) is 17.7. The summed E-state index contributed by atoms with van der Waals surface area (Å²) in [5.41, 5.74) is 6.79. The fourth-order valence-electron chi connectivity index (χ4n) is 3.88. The molecule has 0 aliphatic rings. The molecule has 0 fully saturated rings. The Balaban J connectivity index is 0. The third-order valence-corrected chi connectivity index (χ3v) is 5.94. The fraction of sp³-hybridized carbons (Fsp3) is 1.00. The molecule has 0 aliphatic carbocycles. The molecule has 0 bridgehead atoms. The Kier molecular flexibility index (Phi) is 19.3. The van der Waals surface area contributed by atoms with Gasteiger partial charge in [-0.1, -0.05) is 105 Å². The van der Waals surface area contributed by atoms with Gasteiger partial charge in [0.05, 0.1) is 0 Å². The van der Waals surface area contributed by atoms with Crippen LogP contribution < -0.4 is 5.73 Å². The molecule has 0 amide bonds. The normalized spacial score (nSPS) is 12.9. The molecule has 148 valence electrons. The minimum Gasteiger partial charge on any atom is -0.412 e. The molecule has 0 spiro atoms. The van der Waals surface area contributed by atoms with Gasteiger partial charge in [0.15, 0.2) is 0 Å². The molecule has 0 heterocycles. The van der Waals surface area contributed by atoms with Gasteiger partial charge in [0.2, 0.25) is 0 Å². The van der Waals surface area contributed by atoms with Crippen LogP contribution in [0.4, 0.5) is 0 Å². The molecule has 0 aromatic rings. The first-order chi connectivity index (χ1) is 11.1. The van der Waals surface area contributed by atoms with E-state index in [-0.39, 0.29) is 11.0 Å². The van der Waals surface area contributed by atoms with E-state index in [1.165, 1.54) is 89.9 Å². The molecule has 4 N–H and O–H groups in total. The Hall–Kier alpha value is -0.0800. The van der Waals surface area contributed by atoms with Crippen LogP contribution in [0.25, 0.3) is 0 Å². The minimum atomic E-state index is 0. The smallest absolute Gasteiger partial charge is 0.0177 e. The highest BCUT2D eigenvalue weighted by Crippen LogP contribution is 2.31. The third-order valence-electron chi connectivity index (χ3n) is 5.94. The standard InChI is InChI=1S/C22H47N.H2O/c1-5-9-11-12-13-14-15-16-17-18-20-21(19-10-6-2)22(23,7-3)8-4;/h21H,5-20,23H2,1-4H3;1H2. The molecule has 0 aromatic heterocycles. The summed E-state index contributed by atoms with van der Waals surface area (Å²) >= 11 is 0. The van der Waals surface area contributed by atoms with E-state index in [0.717, 1.165) is 18.8 Å². The van der Waals surface area contributed by atoms with Crippen molar-refractivity contribution in [3.8, 4) is 0 Å². The molecule has 0 aromatic carbocycles. The summed E-state index contributed by atoms with van der Waals surface area (Å²) in [6.45, 7) is 9.15. The summed E-state index contributed by atoms with van der Waals surface area (Å²) in [6, 6.07) is 0. The zero-order valence-corrected chi connectivity index (χ0v) is 17.5. The monoisotopic (exact) mass is 343 g/mol. The minimum absolute atomic E-state index is 0. The van der Waals surface area contributed by atoms with Crippen molar-refractivity contribution in [2.24, 2.45) is 11.7 Å². The quantitative estimate of drug-likeness (QED) is 0.290. The van der Waals surface area contributed by atoms with Crippen molar-refractivity contribution in [2.45, 2.75) is 136 Å². The van der Waals surface area contributed by atoms with Gasteiger partial charge in [-0.25, -0.2) is 0 Å². The first kappa shape index (κ1) is 26.2. The number of hydrogen-bond donors (Lipinski definition) is 1. The number of nitrogens with two attached hydrogens (primary N) is 1. The summed E-state index contributed by atoms with van der Waals surface area (Å²) in [5.74, 6) is 0.742. The molecular formula is C22H49NO. The van der Waals surface area contributed by atoms with Crippen LogP contribution >= 0.6 is 0 Å². The molecule has 2 heteroatoms. The topological polar surface area (TPSA) is 57.5 Å². The average molecular weight is 344 g/mol. The lowest BCUT2D eigenvalue weighted by Gasteiger charge is -2.36. The summed E-state index contributed by atoms with van der Waals surface area (Å²) in [6.07, 6.45) is 21.9. The Bertz CT molecular complexity index is 238. The number of rotatable bonds is 17. The first-order valence-electron chi connectivity index (χ1n) is 10.9. The number of unbranched alkanes of at least 4 members (excludes halogenated alkanes) is 10. The molecule has 2 nitrogen and oxygen atoms in total. The van der Waals surface area contributed by atoms with Gasteiger partial charge in [-0.05, 0) is 31.6 Å². The number of hydrogen-bond acceptors (Lipinski definition) is 1. The second-order valence-electron chi connectivity index (χ2n) is 7.75. The van der Waals surface area contributed by atoms with Gasteiger partial charge in [-0.2, -0.15) is 0 Å². The molecular weight excluding hydrogens is 294 g/mol. The molecule has 1 unspecified atom stereocenters. The lowest BCUT2D eigenvalue weighted by Crippen LogP contribution is -2.46. The highest BCUT2D eigenvalue weighted by atomic mass is 16.0. The van der Waals surface area contributed by atoms with Gasteiger partial charge in [0.1, 0.15) is 0 Å². The maximum absolute atomic E-state index is 6.70. The fourth-order valence-corrected chi connectivity index (χ4v) is 3.88. The van der Waals surface area contributed by atoms with Gasteiger partial charge in [0.25, 0.3) is 0 Å². The zero-order chi connectivity index (χ0) is 17.4. The van der Waals surface area contributed by atoms with Crippen LogP contribution in [0.1, 0.15) is 130 Å². The van der Waals surface area contributed by atoms with Crippen molar-refractivity contribution in [1.29, 1.82) is 0 Å². The van der Waals surface area contributed by atoms with E-state index in [1.807, 2.05) is 0 Å². The maximum Gasteiger partial charge on any atom is 0.0177 e.